The lowest BCUT2D eigenvalue weighted by molar-refractivity contribution is -0.123. The van der Waals surface area contributed by atoms with Gasteiger partial charge in [0.2, 0.25) is 0 Å². The van der Waals surface area contributed by atoms with E-state index in [-0.39, 0.29) is 12.5 Å². The van der Waals surface area contributed by atoms with Gasteiger partial charge < -0.3 is 14.0 Å². The number of aromatic nitrogens is 1. The smallest absolute Gasteiger partial charge is 0.277 e. The highest BCUT2D eigenvalue weighted by molar-refractivity contribution is 6.32. The molecule has 7 heteroatoms. The lowest BCUT2D eigenvalue weighted by Gasteiger charge is -2.10. The van der Waals surface area contributed by atoms with Crippen LogP contribution in [0.2, 0.25) is 5.02 Å². The van der Waals surface area contributed by atoms with E-state index < -0.39 is 0 Å². The quantitative estimate of drug-likeness (QED) is 0.484. The number of hydrogen-bond donors (Lipinski definition) is 1. The van der Waals surface area contributed by atoms with Crippen molar-refractivity contribution >= 4 is 23.7 Å². The zero-order chi connectivity index (χ0) is 19.9. The molecular formula is C21H20ClN3O3. The molecule has 0 saturated carbocycles. The fourth-order valence-electron chi connectivity index (χ4n) is 2.65. The first-order valence-corrected chi connectivity index (χ1v) is 8.98. The zero-order valence-electron chi connectivity index (χ0n) is 15.6. The molecule has 0 aliphatic heterocycles. The van der Waals surface area contributed by atoms with Crippen LogP contribution in [0.4, 0.5) is 0 Å². The topological polar surface area (TPSA) is 64.8 Å². The van der Waals surface area contributed by atoms with Crippen LogP contribution in [-0.2, 0) is 4.79 Å². The van der Waals surface area contributed by atoms with Crippen LogP contribution in [0.25, 0.3) is 5.69 Å². The number of carbonyl (C=O) groups excluding carboxylic acids is 1. The van der Waals surface area contributed by atoms with E-state index in [4.69, 9.17) is 21.1 Å². The highest BCUT2D eigenvalue weighted by atomic mass is 35.5. The molecule has 1 aromatic heterocycles. The number of nitrogens with one attached hydrogen (secondary N) is 1. The number of para-hydroxylation sites is 1. The van der Waals surface area contributed by atoms with Gasteiger partial charge in [-0.3, -0.25) is 4.79 Å². The van der Waals surface area contributed by atoms with Crippen molar-refractivity contribution in [2.45, 2.75) is 6.92 Å². The fourth-order valence-corrected chi connectivity index (χ4v) is 2.84. The minimum absolute atomic E-state index is 0.181. The number of hydrazone groups is 1. The number of hydrogen-bond acceptors (Lipinski definition) is 4. The molecule has 1 N–H and O–H groups in total. The molecule has 1 heterocycles. The highest BCUT2D eigenvalue weighted by Crippen LogP contribution is 2.23. The van der Waals surface area contributed by atoms with E-state index in [1.165, 1.54) is 0 Å². The van der Waals surface area contributed by atoms with Crippen LogP contribution in [0.1, 0.15) is 11.4 Å². The maximum absolute atomic E-state index is 11.9. The van der Waals surface area contributed by atoms with Crippen molar-refractivity contribution in [3.63, 3.8) is 0 Å². The predicted octanol–water partition coefficient (Wildman–Crippen LogP) is 3.98. The van der Waals surface area contributed by atoms with Crippen LogP contribution in [0, 0.1) is 6.92 Å². The first-order valence-electron chi connectivity index (χ1n) is 8.60. The van der Waals surface area contributed by atoms with Gasteiger partial charge in [-0.05, 0) is 55.5 Å². The molecule has 0 unspecified atom stereocenters. The average molecular weight is 398 g/mol. The predicted molar refractivity (Wildman–Crippen MR) is 110 cm³/mol. The minimum Gasteiger partial charge on any atom is -0.497 e. The van der Waals surface area contributed by atoms with Crippen molar-refractivity contribution in [1.82, 2.24) is 9.99 Å². The van der Waals surface area contributed by atoms with Gasteiger partial charge in [0.1, 0.15) is 11.5 Å². The summed E-state index contributed by atoms with van der Waals surface area (Å²) < 4.78 is 12.6. The molecule has 0 spiro atoms. The Morgan fingerprint density at radius 1 is 1.14 bits per heavy atom. The van der Waals surface area contributed by atoms with E-state index in [0.717, 1.165) is 22.8 Å². The average Bonchev–Trinajstić information content (AvgIpc) is 3.08. The van der Waals surface area contributed by atoms with Crippen LogP contribution < -0.4 is 14.9 Å². The Hall–Kier alpha value is -3.25. The number of rotatable bonds is 7. The molecule has 1 amide bonds. The Morgan fingerprint density at radius 2 is 1.89 bits per heavy atom. The number of nitrogens with zero attached hydrogens (tertiary/aromatic N) is 2. The van der Waals surface area contributed by atoms with Gasteiger partial charge in [0.05, 0.1) is 24.0 Å². The van der Waals surface area contributed by atoms with E-state index in [2.05, 4.69) is 10.5 Å². The Labute approximate surface area is 168 Å². The number of benzene rings is 2. The van der Waals surface area contributed by atoms with Crippen LogP contribution >= 0.6 is 11.6 Å². The molecule has 28 heavy (non-hydrogen) atoms. The number of methoxy groups -OCH3 is 1. The lowest BCUT2D eigenvalue weighted by atomic mass is 10.3. The molecule has 0 atom stereocenters. The summed E-state index contributed by atoms with van der Waals surface area (Å²) in [6.45, 7) is 1.82. The van der Waals surface area contributed by atoms with Crippen molar-refractivity contribution in [3.05, 3.63) is 77.1 Å². The number of carbonyl (C=O) groups is 1. The Bertz CT molecular complexity index is 981. The van der Waals surface area contributed by atoms with Crippen LogP contribution in [-0.4, -0.2) is 30.4 Å². The first kappa shape index (κ1) is 19.5. The van der Waals surface area contributed by atoms with E-state index in [1.807, 2.05) is 47.9 Å². The summed E-state index contributed by atoms with van der Waals surface area (Å²) in [5, 5.41) is 4.48. The largest absolute Gasteiger partial charge is 0.497 e. The summed E-state index contributed by atoms with van der Waals surface area (Å²) in [5.74, 6) is 0.859. The Kier molecular flexibility index (Phi) is 6.34. The molecule has 0 fully saturated rings. The zero-order valence-corrected chi connectivity index (χ0v) is 16.3. The first-order chi connectivity index (χ1) is 13.6. The molecular weight excluding hydrogens is 378 g/mol. The SMILES string of the molecule is COc1ccc(-n2c(C)ccc2/C=N\NC(=O)COc2ccccc2Cl)cc1. The van der Waals surface area contributed by atoms with Gasteiger partial charge in [0.15, 0.2) is 6.61 Å². The lowest BCUT2D eigenvalue weighted by Crippen LogP contribution is -2.24. The number of amides is 1. The second-order valence-electron chi connectivity index (χ2n) is 5.95. The summed E-state index contributed by atoms with van der Waals surface area (Å²) in [5.41, 5.74) is 5.30. The highest BCUT2D eigenvalue weighted by Gasteiger charge is 2.07. The van der Waals surface area contributed by atoms with Gasteiger partial charge in [0.25, 0.3) is 5.91 Å². The van der Waals surface area contributed by atoms with Crippen LogP contribution in [0.5, 0.6) is 11.5 Å². The van der Waals surface area contributed by atoms with Crippen molar-refractivity contribution < 1.29 is 14.3 Å². The molecule has 6 nitrogen and oxygen atoms in total. The molecule has 0 saturated heterocycles. The third-order valence-corrected chi connectivity index (χ3v) is 4.33. The van der Waals surface area contributed by atoms with Gasteiger partial charge >= 0.3 is 0 Å². The molecule has 3 aromatic rings. The Morgan fingerprint density at radius 3 is 2.61 bits per heavy atom. The van der Waals surface area contributed by atoms with E-state index in [1.54, 1.807) is 37.6 Å². The third kappa shape index (κ3) is 4.72. The van der Waals surface area contributed by atoms with Crippen molar-refractivity contribution in [1.29, 1.82) is 0 Å². The monoisotopic (exact) mass is 397 g/mol. The van der Waals surface area contributed by atoms with E-state index in [9.17, 15) is 4.79 Å². The normalized spacial score (nSPS) is 10.8. The van der Waals surface area contributed by atoms with Crippen LogP contribution in [0.3, 0.4) is 0 Å². The van der Waals surface area contributed by atoms with Gasteiger partial charge in [-0.15, -0.1) is 0 Å². The van der Waals surface area contributed by atoms with Crippen LogP contribution in [0.15, 0.2) is 65.8 Å². The second-order valence-corrected chi connectivity index (χ2v) is 6.35. The molecule has 0 aliphatic rings. The molecule has 0 radical (unpaired) electrons. The maximum atomic E-state index is 11.9. The number of aryl methyl sites for hydroxylation is 1. The molecule has 2 aromatic carbocycles. The molecule has 3 rings (SSSR count). The fraction of sp³-hybridized carbons (Fsp3) is 0.143. The van der Waals surface area contributed by atoms with Crippen molar-refractivity contribution in [2.24, 2.45) is 5.10 Å². The van der Waals surface area contributed by atoms with Gasteiger partial charge in [-0.1, -0.05) is 23.7 Å². The van der Waals surface area contributed by atoms with Gasteiger partial charge in [-0.25, -0.2) is 5.43 Å². The van der Waals surface area contributed by atoms with Crippen molar-refractivity contribution in [2.75, 3.05) is 13.7 Å². The number of ether oxygens (including phenoxy) is 2. The molecule has 0 bridgehead atoms. The maximum Gasteiger partial charge on any atom is 0.277 e. The summed E-state index contributed by atoms with van der Waals surface area (Å²) in [4.78, 5) is 11.9. The summed E-state index contributed by atoms with van der Waals surface area (Å²) in [7, 11) is 1.63. The molecule has 0 aliphatic carbocycles. The van der Waals surface area contributed by atoms with Gasteiger partial charge in [-0.2, -0.15) is 5.10 Å². The summed E-state index contributed by atoms with van der Waals surface area (Å²) >= 11 is 5.99. The minimum atomic E-state index is -0.379. The second kappa shape index (κ2) is 9.10. The standard InChI is InChI=1S/C21H20ClN3O3/c1-15-7-8-17(25(15)16-9-11-18(27-2)12-10-16)13-23-24-21(26)14-28-20-6-4-3-5-19(20)22/h3-13H,14H2,1-2H3,(H,24,26)/b23-13-. The van der Waals surface area contributed by atoms with E-state index >= 15 is 0 Å². The number of halogens is 1. The van der Waals surface area contributed by atoms with E-state index in [0.29, 0.717) is 10.8 Å². The Balaban J connectivity index is 1.63. The summed E-state index contributed by atoms with van der Waals surface area (Å²) in [6, 6.07) is 18.6. The van der Waals surface area contributed by atoms with Gasteiger partial charge in [0, 0.05) is 11.4 Å². The van der Waals surface area contributed by atoms with Crippen molar-refractivity contribution in [3.8, 4) is 17.2 Å². The summed E-state index contributed by atoms with van der Waals surface area (Å²) in [6.07, 6.45) is 1.59. The molecule has 144 valence electrons. The third-order valence-electron chi connectivity index (χ3n) is 4.02.